The van der Waals surface area contributed by atoms with Crippen LogP contribution in [0.25, 0.3) is 0 Å². The molecule has 0 unspecified atom stereocenters. The molecule has 0 atom stereocenters. The zero-order chi connectivity index (χ0) is 12.3. The molecule has 0 saturated heterocycles. The van der Waals surface area contributed by atoms with Gasteiger partial charge in [0.2, 0.25) is 0 Å². The lowest BCUT2D eigenvalue weighted by Gasteiger charge is -2.08. The Hall–Kier alpha value is -0.890. The summed E-state index contributed by atoms with van der Waals surface area (Å²) in [5, 5.41) is 0. The van der Waals surface area contributed by atoms with Crippen molar-refractivity contribution in [3.05, 3.63) is 45.4 Å². The standard InChI is InChI=1S/C15H17BrO/c1-11-7-6-10-13(14(11)16)15(17)12-8-4-2-3-5-9-12/h6-8,10H,2-5,9H2,1H3. The van der Waals surface area contributed by atoms with Gasteiger partial charge in [-0.1, -0.05) is 24.6 Å². The molecule has 0 aliphatic heterocycles. The van der Waals surface area contributed by atoms with Crippen molar-refractivity contribution < 1.29 is 4.79 Å². The summed E-state index contributed by atoms with van der Waals surface area (Å²) in [4.78, 5) is 12.4. The number of hydrogen-bond donors (Lipinski definition) is 0. The van der Waals surface area contributed by atoms with Crippen LogP contribution in [-0.2, 0) is 0 Å². The Kier molecular flexibility index (Phi) is 4.16. The first-order valence-corrected chi connectivity index (χ1v) is 6.98. The van der Waals surface area contributed by atoms with Gasteiger partial charge in [-0.25, -0.2) is 0 Å². The molecule has 1 nitrogen and oxygen atoms in total. The molecule has 0 aromatic heterocycles. The van der Waals surface area contributed by atoms with E-state index >= 15 is 0 Å². The first-order chi connectivity index (χ1) is 8.20. The third kappa shape index (κ3) is 2.86. The molecule has 0 spiro atoms. The molecule has 0 N–H and O–H groups in total. The molecular formula is C15H17BrO. The highest BCUT2D eigenvalue weighted by Crippen LogP contribution is 2.26. The molecular weight excluding hydrogens is 276 g/mol. The van der Waals surface area contributed by atoms with Crippen LogP contribution < -0.4 is 0 Å². The van der Waals surface area contributed by atoms with Gasteiger partial charge in [0.1, 0.15) is 0 Å². The largest absolute Gasteiger partial charge is 0.289 e. The summed E-state index contributed by atoms with van der Waals surface area (Å²) in [6.45, 7) is 2.02. The van der Waals surface area contributed by atoms with Crippen LogP contribution in [0.2, 0.25) is 0 Å². The van der Waals surface area contributed by atoms with Crippen LogP contribution in [0.3, 0.4) is 0 Å². The van der Waals surface area contributed by atoms with E-state index in [1.807, 2.05) is 25.1 Å². The van der Waals surface area contributed by atoms with E-state index in [4.69, 9.17) is 0 Å². The van der Waals surface area contributed by atoms with Crippen LogP contribution in [0.1, 0.15) is 48.0 Å². The number of rotatable bonds is 2. The van der Waals surface area contributed by atoms with Crippen LogP contribution in [0.5, 0.6) is 0 Å². The monoisotopic (exact) mass is 292 g/mol. The second-order valence-electron chi connectivity index (χ2n) is 4.59. The SMILES string of the molecule is Cc1cccc(C(=O)C2=CCCCCC2)c1Br. The van der Waals surface area contributed by atoms with Gasteiger partial charge in [-0.2, -0.15) is 0 Å². The molecule has 17 heavy (non-hydrogen) atoms. The molecule has 1 aliphatic carbocycles. The van der Waals surface area contributed by atoms with Gasteiger partial charge in [-0.05, 0) is 65.7 Å². The molecule has 1 aromatic carbocycles. The van der Waals surface area contributed by atoms with Gasteiger partial charge >= 0.3 is 0 Å². The number of aryl methyl sites for hydroxylation is 1. The number of halogens is 1. The average molecular weight is 293 g/mol. The lowest BCUT2D eigenvalue weighted by molar-refractivity contribution is 0.102. The fraction of sp³-hybridized carbons (Fsp3) is 0.400. The maximum Gasteiger partial charge on any atom is 0.189 e. The van der Waals surface area contributed by atoms with E-state index in [1.54, 1.807) is 0 Å². The van der Waals surface area contributed by atoms with Gasteiger partial charge in [-0.3, -0.25) is 4.79 Å². The fourth-order valence-electron chi connectivity index (χ4n) is 2.22. The van der Waals surface area contributed by atoms with Crippen molar-refractivity contribution in [3.8, 4) is 0 Å². The van der Waals surface area contributed by atoms with Gasteiger partial charge in [0.25, 0.3) is 0 Å². The van der Waals surface area contributed by atoms with E-state index in [2.05, 4.69) is 22.0 Å². The molecule has 0 radical (unpaired) electrons. The quantitative estimate of drug-likeness (QED) is 0.714. The molecule has 0 fully saturated rings. The molecule has 2 rings (SSSR count). The highest BCUT2D eigenvalue weighted by molar-refractivity contribution is 9.10. The van der Waals surface area contributed by atoms with Crippen LogP contribution in [0.4, 0.5) is 0 Å². The molecule has 0 amide bonds. The Morgan fingerprint density at radius 3 is 2.88 bits per heavy atom. The predicted molar refractivity (Wildman–Crippen MR) is 74.4 cm³/mol. The second kappa shape index (κ2) is 5.63. The summed E-state index contributed by atoms with van der Waals surface area (Å²) >= 11 is 3.52. The van der Waals surface area contributed by atoms with Gasteiger partial charge in [0.05, 0.1) is 0 Å². The minimum atomic E-state index is 0.197. The maximum atomic E-state index is 12.4. The molecule has 1 aromatic rings. The summed E-state index contributed by atoms with van der Waals surface area (Å²) in [7, 11) is 0. The molecule has 1 aliphatic rings. The number of ketones is 1. The lowest BCUT2D eigenvalue weighted by Crippen LogP contribution is -2.05. The number of Topliss-reactive ketones (excluding diaryl/α,β-unsaturated/α-hetero) is 1. The number of carbonyl (C=O) groups is 1. The Bertz CT molecular complexity index is 460. The van der Waals surface area contributed by atoms with E-state index in [0.717, 1.165) is 40.4 Å². The van der Waals surface area contributed by atoms with Crippen LogP contribution in [0.15, 0.2) is 34.3 Å². The summed E-state index contributed by atoms with van der Waals surface area (Å²) in [5.41, 5.74) is 2.91. The zero-order valence-electron chi connectivity index (χ0n) is 10.1. The van der Waals surface area contributed by atoms with Crippen molar-refractivity contribution in [3.63, 3.8) is 0 Å². The number of allylic oxidation sites excluding steroid dienone is 2. The lowest BCUT2D eigenvalue weighted by atomic mass is 9.98. The van der Waals surface area contributed by atoms with Gasteiger partial charge < -0.3 is 0 Å². The van der Waals surface area contributed by atoms with Gasteiger partial charge in [0, 0.05) is 10.0 Å². The fourth-order valence-corrected chi connectivity index (χ4v) is 2.66. The minimum Gasteiger partial charge on any atom is -0.289 e. The topological polar surface area (TPSA) is 17.1 Å². The van der Waals surface area contributed by atoms with Gasteiger partial charge in [-0.15, -0.1) is 0 Å². The smallest absolute Gasteiger partial charge is 0.189 e. The highest BCUT2D eigenvalue weighted by Gasteiger charge is 2.16. The molecule has 0 bridgehead atoms. The Balaban J connectivity index is 2.30. The summed E-state index contributed by atoms with van der Waals surface area (Å²) in [5.74, 6) is 0.197. The Labute approximate surface area is 111 Å². The molecule has 0 heterocycles. The highest BCUT2D eigenvalue weighted by atomic mass is 79.9. The Morgan fingerprint density at radius 2 is 2.06 bits per heavy atom. The number of benzene rings is 1. The first kappa shape index (κ1) is 12.6. The predicted octanol–water partition coefficient (Wildman–Crippen LogP) is 4.83. The van der Waals surface area contributed by atoms with Crippen molar-refractivity contribution in [1.82, 2.24) is 0 Å². The van der Waals surface area contributed by atoms with Crippen molar-refractivity contribution >= 4 is 21.7 Å². The number of hydrogen-bond acceptors (Lipinski definition) is 1. The average Bonchev–Trinajstić information content (AvgIpc) is 2.60. The van der Waals surface area contributed by atoms with Crippen molar-refractivity contribution in [2.24, 2.45) is 0 Å². The second-order valence-corrected chi connectivity index (χ2v) is 5.39. The first-order valence-electron chi connectivity index (χ1n) is 6.19. The third-order valence-corrected chi connectivity index (χ3v) is 4.32. The van der Waals surface area contributed by atoms with Gasteiger partial charge in [0.15, 0.2) is 5.78 Å². The zero-order valence-corrected chi connectivity index (χ0v) is 11.7. The van der Waals surface area contributed by atoms with Crippen LogP contribution in [0, 0.1) is 6.92 Å². The van der Waals surface area contributed by atoms with Crippen molar-refractivity contribution in [2.45, 2.75) is 39.0 Å². The summed E-state index contributed by atoms with van der Waals surface area (Å²) in [6, 6.07) is 5.87. The molecule has 90 valence electrons. The van der Waals surface area contributed by atoms with Crippen LogP contribution >= 0.6 is 15.9 Å². The normalized spacial score (nSPS) is 16.2. The van der Waals surface area contributed by atoms with E-state index in [0.29, 0.717) is 0 Å². The Morgan fingerprint density at radius 1 is 1.24 bits per heavy atom. The minimum absolute atomic E-state index is 0.197. The summed E-state index contributed by atoms with van der Waals surface area (Å²) in [6.07, 6.45) is 7.70. The van der Waals surface area contributed by atoms with E-state index < -0.39 is 0 Å². The maximum absolute atomic E-state index is 12.4. The van der Waals surface area contributed by atoms with Crippen molar-refractivity contribution in [1.29, 1.82) is 0 Å². The van der Waals surface area contributed by atoms with E-state index in [9.17, 15) is 4.79 Å². The molecule has 2 heteroatoms. The summed E-state index contributed by atoms with van der Waals surface area (Å²) < 4.78 is 0.940. The van der Waals surface area contributed by atoms with E-state index in [1.165, 1.54) is 12.8 Å². The third-order valence-electron chi connectivity index (χ3n) is 3.27. The van der Waals surface area contributed by atoms with Crippen molar-refractivity contribution in [2.75, 3.05) is 0 Å². The molecule has 0 saturated carbocycles. The van der Waals surface area contributed by atoms with E-state index in [-0.39, 0.29) is 5.78 Å². The number of carbonyl (C=O) groups excluding carboxylic acids is 1. The van der Waals surface area contributed by atoms with Crippen LogP contribution in [-0.4, -0.2) is 5.78 Å².